The summed E-state index contributed by atoms with van der Waals surface area (Å²) < 4.78 is 5.08. The molecule has 2 amide bonds. The summed E-state index contributed by atoms with van der Waals surface area (Å²) in [5.74, 6) is 0.549. The average molecular weight is 330 g/mol. The number of rotatable bonds is 3. The fourth-order valence-corrected chi connectivity index (χ4v) is 3.69. The normalized spacial score (nSPS) is 17.0. The molecule has 2 aromatic heterocycles. The van der Waals surface area contributed by atoms with Crippen LogP contribution in [0.3, 0.4) is 0 Å². The molecule has 1 aliphatic rings. The number of fused-ring (bicyclic) bond motifs is 1. The van der Waals surface area contributed by atoms with Crippen LogP contribution in [-0.2, 0) is 17.6 Å². The predicted octanol–water partition coefficient (Wildman–Crippen LogP) is 2.94. The van der Waals surface area contributed by atoms with Crippen LogP contribution in [0.4, 0.5) is 0 Å². The maximum Gasteiger partial charge on any atom is 0.279 e. The minimum atomic E-state index is -0.412. The second-order valence-corrected chi connectivity index (χ2v) is 6.84. The number of amides is 2. The van der Waals surface area contributed by atoms with E-state index in [0.717, 1.165) is 12.8 Å². The molecule has 0 fully saturated rings. The molecular weight excluding hydrogens is 312 g/mol. The van der Waals surface area contributed by atoms with Gasteiger partial charge < -0.3 is 4.42 Å². The summed E-state index contributed by atoms with van der Waals surface area (Å²) in [4.78, 5) is 25.7. The fourth-order valence-electron chi connectivity index (χ4n) is 2.58. The zero-order valence-corrected chi connectivity index (χ0v) is 13.6. The van der Waals surface area contributed by atoms with Crippen LogP contribution in [-0.4, -0.2) is 11.8 Å². The molecular formula is C17H18N2O3S. The van der Waals surface area contributed by atoms with Crippen LogP contribution in [0, 0.1) is 5.92 Å². The fraction of sp³-hybridized carbons (Fsp3) is 0.294. The minimum Gasteiger partial charge on any atom is -0.465 e. The standard InChI is InChI=1S/C17H18N2O3S/c1-11-4-6-14-12(9-11)10-15(23-14)17(21)19-18-16(20)7-5-13-3-2-8-22-13/h2-3,5,7-8,10-11H,4,6,9H2,1H3,(H,18,20)(H,19,21)/b7-5+/t11-/m0/s1. The molecule has 1 atom stereocenters. The van der Waals surface area contributed by atoms with Crippen molar-refractivity contribution in [3.05, 3.63) is 51.6 Å². The first-order chi connectivity index (χ1) is 11.1. The van der Waals surface area contributed by atoms with E-state index in [1.165, 1.54) is 46.6 Å². The molecule has 3 rings (SSSR count). The molecule has 0 bridgehead atoms. The van der Waals surface area contributed by atoms with Gasteiger partial charge in [-0.1, -0.05) is 6.92 Å². The number of furan rings is 1. The molecule has 0 saturated heterocycles. The Morgan fingerprint density at radius 1 is 1.39 bits per heavy atom. The lowest BCUT2D eigenvalue weighted by atomic mass is 9.90. The zero-order valence-electron chi connectivity index (χ0n) is 12.8. The Bertz CT molecular complexity index is 731. The number of hydrogen-bond acceptors (Lipinski definition) is 4. The van der Waals surface area contributed by atoms with Crippen molar-refractivity contribution >= 4 is 29.2 Å². The highest BCUT2D eigenvalue weighted by Gasteiger charge is 2.20. The van der Waals surface area contributed by atoms with E-state index < -0.39 is 5.91 Å². The van der Waals surface area contributed by atoms with Crippen LogP contribution < -0.4 is 10.9 Å². The third kappa shape index (κ3) is 3.90. The summed E-state index contributed by atoms with van der Waals surface area (Å²) in [5, 5.41) is 0. The Morgan fingerprint density at radius 3 is 3.04 bits per heavy atom. The number of hydrazine groups is 1. The van der Waals surface area contributed by atoms with Gasteiger partial charge in [0, 0.05) is 11.0 Å². The molecule has 23 heavy (non-hydrogen) atoms. The highest BCUT2D eigenvalue weighted by Crippen LogP contribution is 2.32. The quantitative estimate of drug-likeness (QED) is 0.671. The third-order valence-electron chi connectivity index (χ3n) is 3.79. The molecule has 120 valence electrons. The summed E-state index contributed by atoms with van der Waals surface area (Å²) in [7, 11) is 0. The molecule has 0 unspecified atom stereocenters. The van der Waals surface area contributed by atoms with Crippen molar-refractivity contribution in [2.45, 2.75) is 26.2 Å². The van der Waals surface area contributed by atoms with Crippen LogP contribution in [0.15, 0.2) is 35.0 Å². The van der Waals surface area contributed by atoms with E-state index in [0.29, 0.717) is 16.6 Å². The van der Waals surface area contributed by atoms with Gasteiger partial charge in [0.05, 0.1) is 11.1 Å². The van der Waals surface area contributed by atoms with Crippen LogP contribution in [0.25, 0.3) is 6.08 Å². The van der Waals surface area contributed by atoms with Crippen LogP contribution in [0.1, 0.15) is 39.2 Å². The maximum absolute atomic E-state index is 12.1. The van der Waals surface area contributed by atoms with Crippen molar-refractivity contribution in [3.8, 4) is 0 Å². The molecule has 0 spiro atoms. The second kappa shape index (κ2) is 6.83. The molecule has 2 heterocycles. The molecule has 0 radical (unpaired) electrons. The lowest BCUT2D eigenvalue weighted by molar-refractivity contribution is -0.117. The Kier molecular flexibility index (Phi) is 4.62. The first kappa shape index (κ1) is 15.6. The zero-order chi connectivity index (χ0) is 16.2. The van der Waals surface area contributed by atoms with Gasteiger partial charge in [-0.3, -0.25) is 20.4 Å². The molecule has 1 aliphatic carbocycles. The topological polar surface area (TPSA) is 71.3 Å². The Morgan fingerprint density at radius 2 is 2.26 bits per heavy atom. The SMILES string of the molecule is C[C@H]1CCc2sc(C(=O)NNC(=O)/C=C/c3ccco3)cc2C1. The summed E-state index contributed by atoms with van der Waals surface area (Å²) in [6, 6.07) is 5.41. The van der Waals surface area contributed by atoms with Crippen LogP contribution in [0.2, 0.25) is 0 Å². The summed E-state index contributed by atoms with van der Waals surface area (Å²) >= 11 is 1.51. The number of carbonyl (C=O) groups excluding carboxylic acids is 2. The van der Waals surface area contributed by atoms with Crippen molar-refractivity contribution in [1.29, 1.82) is 0 Å². The molecule has 0 aliphatic heterocycles. The van der Waals surface area contributed by atoms with Gasteiger partial charge in [-0.05, 0) is 55.0 Å². The van der Waals surface area contributed by atoms with Gasteiger partial charge in [0.2, 0.25) is 0 Å². The monoisotopic (exact) mass is 330 g/mol. The van der Waals surface area contributed by atoms with Crippen molar-refractivity contribution in [1.82, 2.24) is 10.9 Å². The number of carbonyl (C=O) groups is 2. The van der Waals surface area contributed by atoms with Crippen LogP contribution >= 0.6 is 11.3 Å². The van der Waals surface area contributed by atoms with Gasteiger partial charge in [0.15, 0.2) is 0 Å². The van der Waals surface area contributed by atoms with Gasteiger partial charge in [0.25, 0.3) is 11.8 Å². The maximum atomic E-state index is 12.1. The summed E-state index contributed by atoms with van der Waals surface area (Å²) in [6.07, 6.45) is 7.60. The second-order valence-electron chi connectivity index (χ2n) is 5.70. The van der Waals surface area contributed by atoms with Crippen molar-refractivity contribution in [2.24, 2.45) is 5.92 Å². The van der Waals surface area contributed by atoms with Crippen LogP contribution in [0.5, 0.6) is 0 Å². The molecule has 0 saturated carbocycles. The largest absolute Gasteiger partial charge is 0.465 e. The molecule has 5 nitrogen and oxygen atoms in total. The van der Waals surface area contributed by atoms with Gasteiger partial charge in [-0.15, -0.1) is 11.3 Å². The van der Waals surface area contributed by atoms with E-state index in [4.69, 9.17) is 4.42 Å². The van der Waals surface area contributed by atoms with Gasteiger partial charge in [0.1, 0.15) is 5.76 Å². The van der Waals surface area contributed by atoms with Crippen molar-refractivity contribution in [2.75, 3.05) is 0 Å². The molecule has 0 aromatic carbocycles. The Balaban J connectivity index is 1.54. The van der Waals surface area contributed by atoms with Gasteiger partial charge in [-0.2, -0.15) is 0 Å². The van der Waals surface area contributed by atoms with Crippen molar-refractivity contribution in [3.63, 3.8) is 0 Å². The third-order valence-corrected chi connectivity index (χ3v) is 5.03. The number of hydrogen-bond donors (Lipinski definition) is 2. The first-order valence-corrected chi connectivity index (χ1v) is 8.37. The first-order valence-electron chi connectivity index (χ1n) is 7.55. The van der Waals surface area contributed by atoms with Gasteiger partial charge in [-0.25, -0.2) is 0 Å². The predicted molar refractivity (Wildman–Crippen MR) is 88.9 cm³/mol. The lowest BCUT2D eigenvalue weighted by Gasteiger charge is -2.16. The summed E-state index contributed by atoms with van der Waals surface area (Å²) in [5.41, 5.74) is 6.08. The molecule has 6 heteroatoms. The number of nitrogens with one attached hydrogen (secondary N) is 2. The Hall–Kier alpha value is -2.34. The highest BCUT2D eigenvalue weighted by atomic mass is 32.1. The number of aryl methyl sites for hydroxylation is 1. The Labute approximate surface area is 138 Å². The highest BCUT2D eigenvalue weighted by molar-refractivity contribution is 7.14. The van der Waals surface area contributed by atoms with E-state index in [9.17, 15) is 9.59 Å². The van der Waals surface area contributed by atoms with E-state index in [-0.39, 0.29) is 5.91 Å². The van der Waals surface area contributed by atoms with Gasteiger partial charge >= 0.3 is 0 Å². The van der Waals surface area contributed by atoms with E-state index in [1.807, 2.05) is 6.07 Å². The van der Waals surface area contributed by atoms with E-state index in [2.05, 4.69) is 17.8 Å². The molecule has 2 aromatic rings. The minimum absolute atomic E-state index is 0.281. The number of thiophene rings is 1. The average Bonchev–Trinajstić information content (AvgIpc) is 3.19. The molecule has 2 N–H and O–H groups in total. The smallest absolute Gasteiger partial charge is 0.279 e. The van der Waals surface area contributed by atoms with Crippen molar-refractivity contribution < 1.29 is 14.0 Å². The lowest BCUT2D eigenvalue weighted by Crippen LogP contribution is -2.40. The summed E-state index contributed by atoms with van der Waals surface area (Å²) in [6.45, 7) is 2.23. The van der Waals surface area contributed by atoms with E-state index in [1.54, 1.807) is 12.1 Å². The van der Waals surface area contributed by atoms with E-state index >= 15 is 0 Å².